The van der Waals surface area contributed by atoms with E-state index >= 15 is 0 Å². The Morgan fingerprint density at radius 3 is 2.29 bits per heavy atom. The lowest BCUT2D eigenvalue weighted by Gasteiger charge is -2.17. The Morgan fingerprint density at radius 1 is 0.958 bits per heavy atom. The summed E-state index contributed by atoms with van der Waals surface area (Å²) < 4.78 is 0. The highest BCUT2D eigenvalue weighted by atomic mass is 15.0. The van der Waals surface area contributed by atoms with E-state index in [0.717, 1.165) is 22.4 Å². The molecule has 0 bridgehead atoms. The highest BCUT2D eigenvalue weighted by Gasteiger charge is 2.18. The Balaban J connectivity index is 1.68. The van der Waals surface area contributed by atoms with Crippen molar-refractivity contribution in [2.45, 2.75) is 63.5 Å². The van der Waals surface area contributed by atoms with Crippen molar-refractivity contribution in [3.05, 3.63) is 24.0 Å². The molecule has 124 valence electrons. The molecule has 5 heteroatoms. The molecule has 2 aromatic heterocycles. The molecule has 2 saturated carbocycles. The number of nitrogens with zero attached hydrogens (tertiary/aromatic N) is 3. The van der Waals surface area contributed by atoms with Gasteiger partial charge in [-0.3, -0.25) is 0 Å². The summed E-state index contributed by atoms with van der Waals surface area (Å²) in [5, 5.41) is 18.4. The zero-order valence-corrected chi connectivity index (χ0v) is 13.9. The Morgan fingerprint density at radius 2 is 1.62 bits per heavy atom. The largest absolute Gasteiger partial charge is 0.367 e. The number of hydrogen-bond donors (Lipinski definition) is 2. The summed E-state index contributed by atoms with van der Waals surface area (Å²) in [6, 6.07) is 7.07. The number of nitrogens with one attached hydrogen (secondary N) is 2. The molecular formula is C19H23N5. The fourth-order valence-corrected chi connectivity index (χ4v) is 3.94. The molecule has 2 aromatic rings. The molecular weight excluding hydrogens is 298 g/mol. The Labute approximate surface area is 142 Å². The number of nitriles is 1. The number of rotatable bonds is 4. The summed E-state index contributed by atoms with van der Waals surface area (Å²) in [7, 11) is 0. The van der Waals surface area contributed by atoms with Gasteiger partial charge in [-0.1, -0.05) is 25.7 Å². The number of anilines is 2. The fourth-order valence-electron chi connectivity index (χ4n) is 3.94. The van der Waals surface area contributed by atoms with E-state index in [9.17, 15) is 5.26 Å². The Hall–Kier alpha value is -2.35. The van der Waals surface area contributed by atoms with Gasteiger partial charge in [0.2, 0.25) is 0 Å². The van der Waals surface area contributed by atoms with Gasteiger partial charge < -0.3 is 10.6 Å². The molecule has 0 spiro atoms. The van der Waals surface area contributed by atoms with Crippen LogP contribution in [0.5, 0.6) is 0 Å². The first-order chi connectivity index (χ1) is 11.8. The maximum absolute atomic E-state index is 9.25. The van der Waals surface area contributed by atoms with Gasteiger partial charge in [0, 0.05) is 29.1 Å². The van der Waals surface area contributed by atoms with Gasteiger partial charge in [-0.2, -0.15) is 5.26 Å². The van der Waals surface area contributed by atoms with Gasteiger partial charge in [0.1, 0.15) is 23.4 Å². The molecule has 0 amide bonds. The first-order valence-electron chi connectivity index (χ1n) is 9.06. The summed E-state index contributed by atoms with van der Waals surface area (Å²) in [4.78, 5) is 9.07. The Bertz CT molecular complexity index is 767. The quantitative estimate of drug-likeness (QED) is 0.882. The van der Waals surface area contributed by atoms with Crippen molar-refractivity contribution in [2.75, 3.05) is 10.6 Å². The number of pyridine rings is 2. The first-order valence-corrected chi connectivity index (χ1v) is 9.06. The second-order valence-electron chi connectivity index (χ2n) is 7.01. The van der Waals surface area contributed by atoms with Crippen molar-refractivity contribution in [2.24, 2.45) is 0 Å². The molecule has 2 heterocycles. The van der Waals surface area contributed by atoms with Crippen LogP contribution in [-0.4, -0.2) is 22.1 Å². The van der Waals surface area contributed by atoms with E-state index in [-0.39, 0.29) is 0 Å². The summed E-state index contributed by atoms with van der Waals surface area (Å²) in [6.07, 6.45) is 11.8. The molecule has 24 heavy (non-hydrogen) atoms. The predicted octanol–water partition coefficient (Wildman–Crippen LogP) is 4.21. The second-order valence-corrected chi connectivity index (χ2v) is 7.01. The third-order valence-corrected chi connectivity index (χ3v) is 5.23. The van der Waals surface area contributed by atoms with E-state index in [1.807, 2.05) is 12.3 Å². The average molecular weight is 321 g/mol. The lowest BCUT2D eigenvalue weighted by molar-refractivity contribution is 0.749. The third kappa shape index (κ3) is 3.14. The maximum Gasteiger partial charge on any atom is 0.143 e. The zero-order chi connectivity index (χ0) is 16.4. The van der Waals surface area contributed by atoms with Crippen LogP contribution >= 0.6 is 0 Å². The van der Waals surface area contributed by atoms with Crippen molar-refractivity contribution in [3.8, 4) is 6.07 Å². The van der Waals surface area contributed by atoms with Gasteiger partial charge in [0.05, 0.1) is 0 Å². The molecule has 2 aliphatic carbocycles. The van der Waals surface area contributed by atoms with Crippen molar-refractivity contribution < 1.29 is 0 Å². The normalized spacial score (nSPS) is 18.8. The molecule has 0 aromatic carbocycles. The molecule has 0 atom stereocenters. The zero-order valence-electron chi connectivity index (χ0n) is 13.9. The summed E-state index contributed by atoms with van der Waals surface area (Å²) in [5.41, 5.74) is 0.446. The van der Waals surface area contributed by atoms with Gasteiger partial charge in [0.15, 0.2) is 0 Å². The summed E-state index contributed by atoms with van der Waals surface area (Å²) in [5.74, 6) is 1.74. The van der Waals surface area contributed by atoms with E-state index in [1.54, 1.807) is 0 Å². The maximum atomic E-state index is 9.25. The highest BCUT2D eigenvalue weighted by Crippen LogP contribution is 2.29. The van der Waals surface area contributed by atoms with Crippen LogP contribution < -0.4 is 10.6 Å². The molecule has 2 aliphatic rings. The topological polar surface area (TPSA) is 73.6 Å². The molecule has 0 aliphatic heterocycles. The minimum absolute atomic E-state index is 0.446. The third-order valence-electron chi connectivity index (χ3n) is 5.23. The fraction of sp³-hybridized carbons (Fsp3) is 0.526. The SMILES string of the molecule is N#Cc1cc2cnc(NC3CCCC3)cc2c(NC2CCCC2)n1. The van der Waals surface area contributed by atoms with Crippen molar-refractivity contribution in [1.29, 1.82) is 5.26 Å². The van der Waals surface area contributed by atoms with Crippen LogP contribution in [0.15, 0.2) is 18.3 Å². The van der Waals surface area contributed by atoms with Crippen molar-refractivity contribution in [3.63, 3.8) is 0 Å². The average Bonchev–Trinajstić information content (AvgIpc) is 3.29. The van der Waals surface area contributed by atoms with Gasteiger partial charge >= 0.3 is 0 Å². The standard InChI is InChI=1S/C19H23N5/c20-11-16-9-13-12-21-18(22-14-5-1-2-6-14)10-17(13)19(24-16)23-15-7-3-4-8-15/h9-10,12,14-15H,1-8H2,(H,21,22)(H,23,24). The van der Waals surface area contributed by atoms with Gasteiger partial charge in [-0.15, -0.1) is 0 Å². The van der Waals surface area contributed by atoms with Crippen LogP contribution in [0.4, 0.5) is 11.6 Å². The molecule has 0 radical (unpaired) electrons. The molecule has 2 N–H and O–H groups in total. The van der Waals surface area contributed by atoms with E-state index in [2.05, 4.69) is 32.7 Å². The van der Waals surface area contributed by atoms with E-state index in [0.29, 0.717) is 17.8 Å². The second kappa shape index (κ2) is 6.64. The summed E-state index contributed by atoms with van der Waals surface area (Å²) >= 11 is 0. The number of aromatic nitrogens is 2. The van der Waals surface area contributed by atoms with Gasteiger partial charge in [-0.05, 0) is 37.8 Å². The van der Waals surface area contributed by atoms with Gasteiger partial charge in [-0.25, -0.2) is 9.97 Å². The van der Waals surface area contributed by atoms with Crippen LogP contribution in [0.2, 0.25) is 0 Å². The molecule has 0 saturated heterocycles. The Kier molecular flexibility index (Phi) is 4.20. The minimum Gasteiger partial charge on any atom is -0.367 e. The molecule has 4 rings (SSSR count). The predicted molar refractivity (Wildman–Crippen MR) is 96.0 cm³/mol. The molecule has 5 nitrogen and oxygen atoms in total. The lowest BCUT2D eigenvalue weighted by Crippen LogP contribution is -2.17. The van der Waals surface area contributed by atoms with Crippen LogP contribution in [-0.2, 0) is 0 Å². The van der Waals surface area contributed by atoms with Crippen LogP contribution in [0.1, 0.15) is 57.1 Å². The lowest BCUT2D eigenvalue weighted by atomic mass is 10.1. The number of fused-ring (bicyclic) bond motifs is 1. The van der Waals surface area contributed by atoms with E-state index in [4.69, 9.17) is 0 Å². The molecule has 2 fully saturated rings. The first kappa shape index (κ1) is 15.2. The molecule has 0 unspecified atom stereocenters. The number of hydrogen-bond acceptors (Lipinski definition) is 5. The smallest absolute Gasteiger partial charge is 0.143 e. The van der Waals surface area contributed by atoms with E-state index < -0.39 is 0 Å². The van der Waals surface area contributed by atoms with Crippen LogP contribution in [0.3, 0.4) is 0 Å². The highest BCUT2D eigenvalue weighted by molar-refractivity contribution is 5.93. The van der Waals surface area contributed by atoms with Crippen molar-refractivity contribution in [1.82, 2.24) is 9.97 Å². The minimum atomic E-state index is 0.446. The van der Waals surface area contributed by atoms with Crippen LogP contribution in [0.25, 0.3) is 10.8 Å². The van der Waals surface area contributed by atoms with Crippen molar-refractivity contribution >= 4 is 22.4 Å². The van der Waals surface area contributed by atoms with Gasteiger partial charge in [0.25, 0.3) is 0 Å². The van der Waals surface area contributed by atoms with E-state index in [1.165, 1.54) is 51.4 Å². The summed E-state index contributed by atoms with van der Waals surface area (Å²) in [6.45, 7) is 0. The van der Waals surface area contributed by atoms with Crippen LogP contribution in [0, 0.1) is 11.3 Å². The monoisotopic (exact) mass is 321 g/mol.